The van der Waals surface area contributed by atoms with Crippen LogP contribution in [0.5, 0.6) is 0 Å². The molecule has 1 heterocycles. The Balaban J connectivity index is 2.70. The highest BCUT2D eigenvalue weighted by Crippen LogP contribution is 1.95. The molecule has 1 N–H and O–H groups in total. The summed E-state index contributed by atoms with van der Waals surface area (Å²) in [5.74, 6) is -1.03. The number of carbonyl (C=O) groups is 1. The highest BCUT2D eigenvalue weighted by atomic mass is 16.5. The zero-order chi connectivity index (χ0) is 11.4. The second-order valence-electron chi connectivity index (χ2n) is 3.08. The molecule has 0 saturated heterocycles. The zero-order valence-corrected chi connectivity index (χ0v) is 8.36. The van der Waals surface area contributed by atoms with Crippen LogP contribution in [-0.2, 0) is 16.1 Å². The Morgan fingerprint density at radius 2 is 2.20 bits per heavy atom. The molecule has 0 aromatic carbocycles. The Morgan fingerprint density at radius 3 is 2.80 bits per heavy atom. The fourth-order valence-electron chi connectivity index (χ4n) is 1.05. The van der Waals surface area contributed by atoms with Crippen molar-refractivity contribution in [2.75, 3.05) is 6.61 Å². The first-order chi connectivity index (χ1) is 7.02. The van der Waals surface area contributed by atoms with Gasteiger partial charge in [-0.05, 0) is 12.5 Å². The van der Waals surface area contributed by atoms with E-state index >= 15 is 0 Å². The summed E-state index contributed by atoms with van der Waals surface area (Å²) < 4.78 is 4.88. The van der Waals surface area contributed by atoms with E-state index in [1.165, 1.54) is 6.20 Å². The van der Waals surface area contributed by atoms with Crippen LogP contribution in [0.1, 0.15) is 11.3 Å². The molecular formula is C9H9B2NO3. The van der Waals surface area contributed by atoms with Crippen LogP contribution >= 0.6 is 0 Å². The third-order valence-corrected chi connectivity index (χ3v) is 1.92. The number of aryl methyl sites for hydroxylation is 1. The van der Waals surface area contributed by atoms with E-state index in [1.807, 2.05) is 0 Å². The van der Waals surface area contributed by atoms with Crippen LogP contribution in [0.3, 0.4) is 0 Å². The Hall–Kier alpha value is -1.29. The molecule has 4 nitrogen and oxygen atoms in total. The minimum absolute atomic E-state index is 0.0929. The monoisotopic (exact) mass is 201 g/mol. The topological polar surface area (TPSA) is 59.4 Å². The number of carboxylic acids is 1. The maximum atomic E-state index is 10.2. The molecule has 0 aliphatic heterocycles. The van der Waals surface area contributed by atoms with Crippen LogP contribution in [0, 0.1) is 6.92 Å². The van der Waals surface area contributed by atoms with Crippen LogP contribution in [-0.4, -0.2) is 38.4 Å². The van der Waals surface area contributed by atoms with E-state index in [0.29, 0.717) is 22.2 Å². The summed E-state index contributed by atoms with van der Waals surface area (Å²) in [4.78, 5) is 14.2. The van der Waals surface area contributed by atoms with Gasteiger partial charge in [-0.1, -0.05) is 10.9 Å². The van der Waals surface area contributed by atoms with Gasteiger partial charge in [0.25, 0.3) is 0 Å². The van der Waals surface area contributed by atoms with Crippen molar-refractivity contribution in [2.24, 2.45) is 0 Å². The van der Waals surface area contributed by atoms with Crippen LogP contribution < -0.4 is 10.9 Å². The van der Waals surface area contributed by atoms with Crippen LogP contribution in [0.4, 0.5) is 0 Å². The summed E-state index contributed by atoms with van der Waals surface area (Å²) in [5.41, 5.74) is 2.05. The molecule has 0 atom stereocenters. The van der Waals surface area contributed by atoms with Crippen molar-refractivity contribution >= 4 is 32.6 Å². The highest BCUT2D eigenvalue weighted by molar-refractivity contribution is 6.49. The molecule has 1 rings (SSSR count). The first-order valence-corrected chi connectivity index (χ1v) is 4.31. The summed E-state index contributed by atoms with van der Waals surface area (Å²) >= 11 is 0. The molecule has 1 aromatic rings. The molecule has 0 unspecified atom stereocenters. The SMILES string of the molecule is [B]c1c(COCC(=O)O)cnc(C)c1[B]. The fourth-order valence-corrected chi connectivity index (χ4v) is 1.05. The third kappa shape index (κ3) is 3.09. The molecule has 74 valence electrons. The van der Waals surface area contributed by atoms with E-state index in [9.17, 15) is 4.79 Å². The molecule has 15 heavy (non-hydrogen) atoms. The summed E-state index contributed by atoms with van der Waals surface area (Å²) in [5, 5.41) is 8.36. The summed E-state index contributed by atoms with van der Waals surface area (Å²) in [7, 11) is 11.4. The second-order valence-corrected chi connectivity index (χ2v) is 3.08. The Bertz CT molecular complexity index is 382. The predicted octanol–water partition coefficient (Wildman–Crippen LogP) is -1.42. The summed E-state index contributed by atoms with van der Waals surface area (Å²) in [6.45, 7) is 1.47. The average molecular weight is 201 g/mol. The van der Waals surface area contributed by atoms with Gasteiger partial charge in [0.05, 0.1) is 6.61 Å². The lowest BCUT2D eigenvalue weighted by molar-refractivity contribution is -0.142. The number of nitrogens with zero attached hydrogens (tertiary/aromatic N) is 1. The van der Waals surface area contributed by atoms with Crippen LogP contribution in [0.25, 0.3) is 0 Å². The number of hydrogen-bond acceptors (Lipinski definition) is 3. The molecule has 0 spiro atoms. The lowest BCUT2D eigenvalue weighted by Gasteiger charge is -2.10. The molecule has 0 amide bonds. The quantitative estimate of drug-likeness (QED) is 0.607. The first kappa shape index (κ1) is 11.8. The summed E-state index contributed by atoms with van der Waals surface area (Å²) in [6, 6.07) is 0. The first-order valence-electron chi connectivity index (χ1n) is 4.31. The van der Waals surface area contributed by atoms with E-state index in [1.54, 1.807) is 6.92 Å². The van der Waals surface area contributed by atoms with Gasteiger partial charge in [0.2, 0.25) is 0 Å². The predicted molar refractivity (Wildman–Crippen MR) is 57.0 cm³/mol. The van der Waals surface area contributed by atoms with E-state index < -0.39 is 5.97 Å². The third-order valence-electron chi connectivity index (χ3n) is 1.92. The van der Waals surface area contributed by atoms with Gasteiger partial charge in [0, 0.05) is 11.9 Å². The van der Waals surface area contributed by atoms with Crippen molar-refractivity contribution < 1.29 is 14.6 Å². The van der Waals surface area contributed by atoms with Gasteiger partial charge in [-0.15, -0.1) is 0 Å². The van der Waals surface area contributed by atoms with Crippen molar-refractivity contribution in [2.45, 2.75) is 13.5 Å². The van der Waals surface area contributed by atoms with Gasteiger partial charge in [-0.25, -0.2) is 4.79 Å². The number of hydrogen-bond donors (Lipinski definition) is 1. The molecule has 0 aliphatic carbocycles. The Labute approximate surface area is 90.5 Å². The van der Waals surface area contributed by atoms with Gasteiger partial charge < -0.3 is 9.84 Å². The second kappa shape index (κ2) is 4.98. The minimum atomic E-state index is -1.03. The maximum absolute atomic E-state index is 10.2. The van der Waals surface area contributed by atoms with Crippen molar-refractivity contribution in [3.8, 4) is 0 Å². The molecular weight excluding hydrogens is 192 g/mol. The lowest BCUT2D eigenvalue weighted by atomic mass is 9.77. The van der Waals surface area contributed by atoms with Crippen molar-refractivity contribution in [1.29, 1.82) is 0 Å². The molecule has 1 aromatic heterocycles. The molecule has 6 heteroatoms. The van der Waals surface area contributed by atoms with E-state index in [4.69, 9.17) is 25.5 Å². The average Bonchev–Trinajstić information content (AvgIpc) is 2.18. The molecule has 4 radical (unpaired) electrons. The zero-order valence-electron chi connectivity index (χ0n) is 8.36. The van der Waals surface area contributed by atoms with Gasteiger partial charge in [-0.2, -0.15) is 0 Å². The molecule has 0 bridgehead atoms. The number of aliphatic carboxylic acids is 1. The van der Waals surface area contributed by atoms with Gasteiger partial charge in [0.1, 0.15) is 22.3 Å². The van der Waals surface area contributed by atoms with E-state index in [2.05, 4.69) is 4.98 Å². The smallest absolute Gasteiger partial charge is 0.329 e. The standard InChI is InChI=1S/C9H9B2NO3/c1-5-8(10)9(11)6(2-12-5)3-15-4-7(13)14/h2H,3-4H2,1H3,(H,13,14). The molecule has 0 fully saturated rings. The minimum Gasteiger partial charge on any atom is -0.480 e. The molecule has 0 aliphatic rings. The van der Waals surface area contributed by atoms with Gasteiger partial charge >= 0.3 is 5.97 Å². The number of ether oxygens (including phenoxy) is 1. The highest BCUT2D eigenvalue weighted by Gasteiger charge is 2.05. The lowest BCUT2D eigenvalue weighted by Crippen LogP contribution is -2.33. The number of aromatic nitrogens is 1. The van der Waals surface area contributed by atoms with Gasteiger partial charge in [-0.3, -0.25) is 4.98 Å². The normalized spacial score (nSPS) is 10.2. The van der Waals surface area contributed by atoms with Gasteiger partial charge in [0.15, 0.2) is 0 Å². The van der Waals surface area contributed by atoms with Crippen molar-refractivity contribution in [1.82, 2.24) is 4.98 Å². The Morgan fingerprint density at radius 1 is 1.53 bits per heavy atom. The number of rotatable bonds is 4. The molecule has 0 saturated carbocycles. The van der Waals surface area contributed by atoms with Crippen molar-refractivity contribution in [3.63, 3.8) is 0 Å². The van der Waals surface area contributed by atoms with E-state index in [-0.39, 0.29) is 13.2 Å². The number of pyridine rings is 1. The Kier molecular flexibility index (Phi) is 3.91. The van der Waals surface area contributed by atoms with E-state index in [0.717, 1.165) is 0 Å². The van der Waals surface area contributed by atoms with Crippen LogP contribution in [0.15, 0.2) is 6.20 Å². The largest absolute Gasteiger partial charge is 0.480 e. The maximum Gasteiger partial charge on any atom is 0.329 e. The van der Waals surface area contributed by atoms with Crippen LogP contribution in [0.2, 0.25) is 0 Å². The fraction of sp³-hybridized carbons (Fsp3) is 0.333. The van der Waals surface area contributed by atoms with Crippen molar-refractivity contribution in [3.05, 3.63) is 17.5 Å². The summed E-state index contributed by atoms with van der Waals surface area (Å²) in [6.07, 6.45) is 1.53. The number of carboxylic acid groups (broad SMARTS) is 1.